The van der Waals surface area contributed by atoms with Gasteiger partial charge in [0.25, 0.3) is 0 Å². The molecule has 0 saturated heterocycles. The van der Waals surface area contributed by atoms with E-state index < -0.39 is 11.4 Å². The molecule has 17 heavy (non-hydrogen) atoms. The van der Waals surface area contributed by atoms with Crippen LogP contribution in [0.25, 0.3) is 0 Å². The summed E-state index contributed by atoms with van der Waals surface area (Å²) in [6, 6.07) is 2.24. The highest BCUT2D eigenvalue weighted by atomic mass is 35.5. The maximum atomic E-state index is 13.2. The van der Waals surface area contributed by atoms with Crippen LogP contribution in [0.15, 0.2) is 17.0 Å². The van der Waals surface area contributed by atoms with Crippen LogP contribution in [0.3, 0.4) is 0 Å². The lowest BCUT2D eigenvalue weighted by Crippen LogP contribution is -2.11. The second kappa shape index (κ2) is 5.23. The van der Waals surface area contributed by atoms with Gasteiger partial charge in [-0.1, -0.05) is 6.92 Å². The first-order valence-corrected chi connectivity index (χ1v) is 6.43. The first kappa shape index (κ1) is 14.3. The number of carboxylic acids is 1. The molecule has 0 fully saturated rings. The molecular formula is C11H11ClF2O2S. The average Bonchev–Trinajstić information content (AvgIpc) is 2.25. The maximum absolute atomic E-state index is 13.2. The molecule has 0 bridgehead atoms. The van der Waals surface area contributed by atoms with Crippen LogP contribution in [0.1, 0.15) is 28.4 Å². The fraction of sp³-hybridized carbons (Fsp3) is 0.364. The molecule has 1 aromatic rings. The second-order valence-electron chi connectivity index (χ2n) is 3.33. The molecule has 1 aromatic carbocycles. The van der Waals surface area contributed by atoms with E-state index in [0.717, 1.165) is 17.8 Å². The van der Waals surface area contributed by atoms with Gasteiger partial charge >= 0.3 is 11.4 Å². The Morgan fingerprint density at radius 1 is 1.53 bits per heavy atom. The van der Waals surface area contributed by atoms with Crippen molar-refractivity contribution in [3.05, 3.63) is 28.8 Å². The zero-order valence-electron chi connectivity index (χ0n) is 9.26. The van der Waals surface area contributed by atoms with Crippen LogP contribution in [-0.4, -0.2) is 17.3 Å². The van der Waals surface area contributed by atoms with Crippen LogP contribution in [0.5, 0.6) is 0 Å². The van der Waals surface area contributed by atoms with Crippen molar-refractivity contribution in [2.45, 2.75) is 23.6 Å². The number of benzene rings is 1. The van der Waals surface area contributed by atoms with Crippen molar-refractivity contribution >= 4 is 29.3 Å². The smallest absolute Gasteiger partial charge is 0.349 e. The predicted octanol–water partition coefficient (Wildman–Crippen LogP) is 3.96. The van der Waals surface area contributed by atoms with Gasteiger partial charge in [0, 0.05) is 4.90 Å². The van der Waals surface area contributed by atoms with E-state index in [0.29, 0.717) is 12.0 Å². The molecular weight excluding hydrogens is 270 g/mol. The number of aromatic carboxylic acids is 1. The normalized spacial score (nSPS) is 11.6. The zero-order chi connectivity index (χ0) is 13.2. The maximum Gasteiger partial charge on any atom is 0.349 e. The molecule has 1 rings (SSSR count). The standard InChI is InChI=1S/C11H11ClF2O2S/c1-3-6-7(10(15)16)4-5-8(9(6)17-2)11(12,13)14/h4-5H,3H2,1-2H3,(H,15,16). The Balaban J connectivity index is 3.54. The number of hydrogen-bond acceptors (Lipinski definition) is 2. The van der Waals surface area contributed by atoms with Crippen molar-refractivity contribution in [3.8, 4) is 0 Å². The van der Waals surface area contributed by atoms with E-state index in [9.17, 15) is 13.6 Å². The van der Waals surface area contributed by atoms with Gasteiger partial charge in [-0.05, 0) is 42.0 Å². The Bertz CT molecular complexity index is 444. The fourth-order valence-corrected chi connectivity index (χ4v) is 2.77. The van der Waals surface area contributed by atoms with E-state index >= 15 is 0 Å². The van der Waals surface area contributed by atoms with Gasteiger partial charge in [0.2, 0.25) is 0 Å². The molecule has 94 valence electrons. The van der Waals surface area contributed by atoms with Crippen LogP contribution >= 0.6 is 23.4 Å². The number of carbonyl (C=O) groups is 1. The third-order valence-corrected chi connectivity index (χ3v) is 3.43. The summed E-state index contributed by atoms with van der Waals surface area (Å²) in [5, 5.41) is 5.49. The van der Waals surface area contributed by atoms with Gasteiger partial charge in [-0.3, -0.25) is 0 Å². The van der Waals surface area contributed by atoms with E-state index in [-0.39, 0.29) is 16.0 Å². The Morgan fingerprint density at radius 3 is 2.47 bits per heavy atom. The molecule has 0 aliphatic heterocycles. The van der Waals surface area contributed by atoms with Crippen LogP contribution < -0.4 is 0 Å². The van der Waals surface area contributed by atoms with Crippen molar-refractivity contribution in [2.75, 3.05) is 6.26 Å². The van der Waals surface area contributed by atoms with Crippen molar-refractivity contribution in [2.24, 2.45) is 0 Å². The van der Waals surface area contributed by atoms with Gasteiger partial charge in [-0.2, -0.15) is 8.78 Å². The number of hydrogen-bond donors (Lipinski definition) is 1. The minimum atomic E-state index is -3.49. The Hall–Kier alpha value is -0.810. The molecule has 0 aliphatic rings. The summed E-state index contributed by atoms with van der Waals surface area (Å²) in [5.74, 6) is -1.12. The van der Waals surface area contributed by atoms with E-state index in [1.165, 1.54) is 6.07 Å². The number of alkyl halides is 3. The summed E-state index contributed by atoms with van der Waals surface area (Å²) in [4.78, 5) is 11.2. The average molecular weight is 281 g/mol. The minimum Gasteiger partial charge on any atom is -0.478 e. The van der Waals surface area contributed by atoms with Gasteiger partial charge < -0.3 is 5.11 Å². The molecule has 0 amide bonds. The second-order valence-corrected chi connectivity index (χ2v) is 4.62. The number of carboxylic acid groups (broad SMARTS) is 1. The zero-order valence-corrected chi connectivity index (χ0v) is 10.8. The summed E-state index contributed by atoms with van der Waals surface area (Å²) < 4.78 is 26.3. The number of rotatable bonds is 4. The molecule has 0 unspecified atom stereocenters. The minimum absolute atomic E-state index is 0.0431. The van der Waals surface area contributed by atoms with E-state index in [1.54, 1.807) is 13.2 Å². The van der Waals surface area contributed by atoms with Crippen LogP contribution in [0.4, 0.5) is 8.78 Å². The summed E-state index contributed by atoms with van der Waals surface area (Å²) in [6.45, 7) is 1.72. The molecule has 0 radical (unpaired) electrons. The molecule has 0 heterocycles. The molecule has 0 atom stereocenters. The largest absolute Gasteiger partial charge is 0.478 e. The van der Waals surface area contributed by atoms with E-state index in [2.05, 4.69) is 0 Å². The molecule has 0 aliphatic carbocycles. The summed E-state index contributed by atoms with van der Waals surface area (Å²) in [6.07, 6.45) is 1.98. The molecule has 1 N–H and O–H groups in total. The van der Waals surface area contributed by atoms with Crippen LogP contribution in [0, 0.1) is 0 Å². The van der Waals surface area contributed by atoms with Gasteiger partial charge in [0.1, 0.15) is 0 Å². The summed E-state index contributed by atoms with van der Waals surface area (Å²) in [7, 11) is 0. The molecule has 0 spiro atoms. The monoisotopic (exact) mass is 280 g/mol. The Kier molecular flexibility index (Phi) is 4.38. The molecule has 0 aromatic heterocycles. The van der Waals surface area contributed by atoms with Gasteiger partial charge in [-0.25, -0.2) is 4.79 Å². The molecule has 0 saturated carbocycles. The van der Waals surface area contributed by atoms with Gasteiger partial charge in [-0.15, -0.1) is 11.8 Å². The molecule has 6 heteroatoms. The van der Waals surface area contributed by atoms with Gasteiger partial charge in [0.05, 0.1) is 11.1 Å². The Morgan fingerprint density at radius 2 is 2.12 bits per heavy atom. The lowest BCUT2D eigenvalue weighted by atomic mass is 10.0. The summed E-state index contributed by atoms with van der Waals surface area (Å²) >= 11 is 6.09. The van der Waals surface area contributed by atoms with Crippen molar-refractivity contribution in [3.63, 3.8) is 0 Å². The fourth-order valence-electron chi connectivity index (χ4n) is 1.64. The third-order valence-electron chi connectivity index (χ3n) is 2.35. The highest BCUT2D eigenvalue weighted by molar-refractivity contribution is 7.98. The first-order valence-electron chi connectivity index (χ1n) is 4.83. The third kappa shape index (κ3) is 2.90. The van der Waals surface area contributed by atoms with E-state index in [4.69, 9.17) is 16.7 Å². The highest BCUT2D eigenvalue weighted by Crippen LogP contribution is 2.40. The number of halogens is 3. The topological polar surface area (TPSA) is 37.3 Å². The van der Waals surface area contributed by atoms with Gasteiger partial charge in [0.15, 0.2) is 0 Å². The lowest BCUT2D eigenvalue weighted by molar-refractivity contribution is 0.0692. The van der Waals surface area contributed by atoms with Crippen molar-refractivity contribution in [1.29, 1.82) is 0 Å². The predicted molar refractivity (Wildman–Crippen MR) is 64.3 cm³/mol. The summed E-state index contributed by atoms with van der Waals surface area (Å²) in [5.41, 5.74) is 0.0952. The van der Waals surface area contributed by atoms with Crippen LogP contribution in [0.2, 0.25) is 0 Å². The first-order chi connectivity index (χ1) is 7.82. The molecule has 2 nitrogen and oxygen atoms in total. The Labute approximate surface area is 107 Å². The highest BCUT2D eigenvalue weighted by Gasteiger charge is 2.32. The lowest BCUT2D eigenvalue weighted by Gasteiger charge is -2.17. The van der Waals surface area contributed by atoms with Crippen molar-refractivity contribution < 1.29 is 18.7 Å². The van der Waals surface area contributed by atoms with E-state index in [1.807, 2.05) is 0 Å². The number of thioether (sulfide) groups is 1. The SMILES string of the molecule is CCc1c(C(=O)O)ccc(C(F)(F)Cl)c1SC. The van der Waals surface area contributed by atoms with Crippen molar-refractivity contribution in [1.82, 2.24) is 0 Å². The quantitative estimate of drug-likeness (QED) is 0.670. The van der Waals surface area contributed by atoms with Crippen LogP contribution in [-0.2, 0) is 11.8 Å².